The van der Waals surface area contributed by atoms with E-state index in [1.165, 1.54) is 24.9 Å². The molecule has 4 heteroatoms. The molecule has 0 radical (unpaired) electrons. The average Bonchev–Trinajstić information content (AvgIpc) is 3.19. The van der Waals surface area contributed by atoms with E-state index >= 15 is 0 Å². The molecule has 0 amide bonds. The minimum absolute atomic E-state index is 0.517. The summed E-state index contributed by atoms with van der Waals surface area (Å²) in [5, 5.41) is 9.22. The van der Waals surface area contributed by atoms with E-state index in [1.807, 2.05) is 12.1 Å². The molecule has 124 valence electrons. The number of pyridine rings is 1. The largest absolute Gasteiger partial charge is 0.456 e. The van der Waals surface area contributed by atoms with Gasteiger partial charge in [0.2, 0.25) is 0 Å². The molecule has 3 heterocycles. The first kappa shape index (κ1) is 15.5. The second-order valence-electron chi connectivity index (χ2n) is 6.29. The minimum Gasteiger partial charge on any atom is -0.456 e. The van der Waals surface area contributed by atoms with Crippen molar-refractivity contribution in [2.75, 3.05) is 18.0 Å². The van der Waals surface area contributed by atoms with Crippen LogP contribution in [-0.4, -0.2) is 18.1 Å². The second-order valence-corrected chi connectivity index (χ2v) is 6.29. The molecule has 0 spiro atoms. The van der Waals surface area contributed by atoms with Gasteiger partial charge in [-0.3, -0.25) is 4.98 Å². The van der Waals surface area contributed by atoms with Gasteiger partial charge in [0.15, 0.2) is 0 Å². The van der Waals surface area contributed by atoms with E-state index in [0.29, 0.717) is 11.3 Å². The first-order valence-electron chi connectivity index (χ1n) is 8.65. The first-order chi connectivity index (χ1) is 12.3. The number of anilines is 1. The lowest BCUT2D eigenvalue weighted by Gasteiger charge is -2.28. The highest BCUT2D eigenvalue weighted by molar-refractivity contribution is 5.69. The molecule has 1 saturated heterocycles. The molecule has 3 aromatic rings. The quantitative estimate of drug-likeness (QED) is 0.688. The molecule has 1 aliphatic heterocycles. The van der Waals surface area contributed by atoms with E-state index in [1.54, 1.807) is 18.5 Å². The van der Waals surface area contributed by atoms with Crippen LogP contribution in [0.4, 0.5) is 5.69 Å². The maximum Gasteiger partial charge on any atom is 0.136 e. The molecule has 0 atom stereocenters. The summed E-state index contributed by atoms with van der Waals surface area (Å²) < 4.78 is 5.99. The van der Waals surface area contributed by atoms with Gasteiger partial charge in [-0.2, -0.15) is 5.26 Å². The Morgan fingerprint density at radius 3 is 2.44 bits per heavy atom. The van der Waals surface area contributed by atoms with E-state index in [9.17, 15) is 5.26 Å². The van der Waals surface area contributed by atoms with Gasteiger partial charge in [-0.05, 0) is 61.7 Å². The topological polar surface area (TPSA) is 53.1 Å². The van der Waals surface area contributed by atoms with Crippen LogP contribution in [0.1, 0.15) is 24.8 Å². The maximum absolute atomic E-state index is 9.22. The van der Waals surface area contributed by atoms with Crippen molar-refractivity contribution in [3.63, 3.8) is 0 Å². The van der Waals surface area contributed by atoms with Crippen molar-refractivity contribution >= 4 is 5.69 Å². The van der Waals surface area contributed by atoms with Crippen LogP contribution in [0, 0.1) is 11.3 Å². The first-order valence-corrected chi connectivity index (χ1v) is 8.65. The standard InChI is InChI=1S/C21H19N3O/c22-14-17-15-23-11-10-19(17)21-9-8-20(25-21)16-4-6-18(7-5-16)24-12-2-1-3-13-24/h4-11,15H,1-3,12-13H2. The highest BCUT2D eigenvalue weighted by Crippen LogP contribution is 2.31. The predicted molar refractivity (Wildman–Crippen MR) is 98.2 cm³/mol. The van der Waals surface area contributed by atoms with Gasteiger partial charge in [0, 0.05) is 42.3 Å². The average molecular weight is 329 g/mol. The fraction of sp³-hybridized carbons (Fsp3) is 0.238. The molecule has 0 saturated carbocycles. The Bertz CT molecular complexity index is 899. The van der Waals surface area contributed by atoms with E-state index in [4.69, 9.17) is 4.42 Å². The van der Waals surface area contributed by atoms with Crippen LogP contribution in [0.5, 0.6) is 0 Å². The zero-order valence-corrected chi connectivity index (χ0v) is 14.0. The Balaban J connectivity index is 1.59. The Hall–Kier alpha value is -3.06. The van der Waals surface area contributed by atoms with Crippen molar-refractivity contribution in [2.45, 2.75) is 19.3 Å². The van der Waals surface area contributed by atoms with Crippen LogP contribution in [0.15, 0.2) is 59.3 Å². The summed E-state index contributed by atoms with van der Waals surface area (Å²) >= 11 is 0. The lowest BCUT2D eigenvalue weighted by Crippen LogP contribution is -2.29. The van der Waals surface area contributed by atoms with Gasteiger partial charge in [-0.1, -0.05) is 0 Å². The molecule has 25 heavy (non-hydrogen) atoms. The van der Waals surface area contributed by atoms with Gasteiger partial charge in [-0.25, -0.2) is 0 Å². The van der Waals surface area contributed by atoms with Gasteiger partial charge in [0.05, 0.1) is 5.56 Å². The van der Waals surface area contributed by atoms with Crippen LogP contribution < -0.4 is 4.90 Å². The smallest absolute Gasteiger partial charge is 0.136 e. The van der Waals surface area contributed by atoms with Gasteiger partial charge in [0.25, 0.3) is 0 Å². The van der Waals surface area contributed by atoms with E-state index < -0.39 is 0 Å². The zero-order chi connectivity index (χ0) is 17.1. The molecule has 2 aromatic heterocycles. The highest BCUT2D eigenvalue weighted by Gasteiger charge is 2.13. The van der Waals surface area contributed by atoms with Crippen molar-refractivity contribution < 1.29 is 4.42 Å². The SMILES string of the molecule is N#Cc1cnccc1-c1ccc(-c2ccc(N3CCCCC3)cc2)o1. The normalized spacial score (nSPS) is 14.3. The molecule has 0 unspecified atom stereocenters. The summed E-state index contributed by atoms with van der Waals surface area (Å²) in [5.74, 6) is 1.50. The molecule has 0 N–H and O–H groups in total. The number of hydrogen-bond acceptors (Lipinski definition) is 4. The maximum atomic E-state index is 9.22. The van der Waals surface area contributed by atoms with Gasteiger partial charge >= 0.3 is 0 Å². The third-order valence-electron chi connectivity index (χ3n) is 4.69. The summed E-state index contributed by atoms with van der Waals surface area (Å²) in [6, 6.07) is 16.4. The van der Waals surface area contributed by atoms with Crippen LogP contribution >= 0.6 is 0 Å². The number of benzene rings is 1. The number of furan rings is 1. The Kier molecular flexibility index (Phi) is 4.22. The Morgan fingerprint density at radius 2 is 1.68 bits per heavy atom. The molecule has 1 aromatic carbocycles. The van der Waals surface area contributed by atoms with Crippen LogP contribution in [0.2, 0.25) is 0 Å². The molecule has 0 bridgehead atoms. The number of nitrogens with zero attached hydrogens (tertiary/aromatic N) is 3. The van der Waals surface area contributed by atoms with Gasteiger partial charge in [-0.15, -0.1) is 0 Å². The fourth-order valence-electron chi connectivity index (χ4n) is 3.32. The molecule has 1 aliphatic rings. The van der Waals surface area contributed by atoms with Crippen LogP contribution in [0.25, 0.3) is 22.6 Å². The number of piperidine rings is 1. The van der Waals surface area contributed by atoms with Crippen molar-refractivity contribution in [3.05, 3.63) is 60.4 Å². The summed E-state index contributed by atoms with van der Waals surface area (Å²) in [5.41, 5.74) is 3.60. The van der Waals surface area contributed by atoms with Crippen LogP contribution in [0.3, 0.4) is 0 Å². The van der Waals surface area contributed by atoms with Crippen molar-refractivity contribution in [3.8, 4) is 28.7 Å². The highest BCUT2D eigenvalue weighted by atomic mass is 16.3. The molecule has 4 nitrogen and oxygen atoms in total. The third-order valence-corrected chi connectivity index (χ3v) is 4.69. The van der Waals surface area contributed by atoms with Crippen molar-refractivity contribution in [2.24, 2.45) is 0 Å². The minimum atomic E-state index is 0.517. The monoisotopic (exact) mass is 329 g/mol. The van der Waals surface area contributed by atoms with Crippen molar-refractivity contribution in [1.29, 1.82) is 5.26 Å². The summed E-state index contributed by atoms with van der Waals surface area (Å²) in [6.45, 7) is 2.28. The fourth-order valence-corrected chi connectivity index (χ4v) is 3.32. The lowest BCUT2D eigenvalue weighted by molar-refractivity contribution is 0.577. The summed E-state index contributed by atoms with van der Waals surface area (Å²) in [7, 11) is 0. The van der Waals surface area contributed by atoms with Crippen molar-refractivity contribution in [1.82, 2.24) is 4.98 Å². The Morgan fingerprint density at radius 1 is 0.920 bits per heavy atom. The van der Waals surface area contributed by atoms with Crippen LogP contribution in [-0.2, 0) is 0 Å². The molecular formula is C21H19N3O. The van der Waals surface area contributed by atoms with E-state index in [-0.39, 0.29) is 0 Å². The summed E-state index contributed by atoms with van der Waals surface area (Å²) in [6.07, 6.45) is 7.12. The van der Waals surface area contributed by atoms with Gasteiger partial charge < -0.3 is 9.32 Å². The zero-order valence-electron chi connectivity index (χ0n) is 14.0. The third kappa shape index (κ3) is 3.14. The molecule has 4 rings (SSSR count). The van der Waals surface area contributed by atoms with E-state index in [2.05, 4.69) is 40.2 Å². The number of rotatable bonds is 3. The second kappa shape index (κ2) is 6.82. The number of nitriles is 1. The predicted octanol–water partition coefficient (Wildman–Crippen LogP) is 4.87. The molecular weight excluding hydrogens is 310 g/mol. The number of aromatic nitrogens is 1. The Labute approximate surface area is 147 Å². The number of hydrogen-bond donors (Lipinski definition) is 0. The van der Waals surface area contributed by atoms with Gasteiger partial charge in [0.1, 0.15) is 17.6 Å². The molecule has 1 fully saturated rings. The summed E-state index contributed by atoms with van der Waals surface area (Å²) in [4.78, 5) is 6.43. The molecule has 0 aliphatic carbocycles. The lowest BCUT2D eigenvalue weighted by atomic mass is 10.1. The van der Waals surface area contributed by atoms with E-state index in [0.717, 1.165) is 30.0 Å².